The van der Waals surface area contributed by atoms with Gasteiger partial charge in [0.15, 0.2) is 0 Å². The largest absolute Gasteiger partial charge is 0.381 e. The minimum absolute atomic E-state index is 0. The van der Waals surface area contributed by atoms with Gasteiger partial charge in [-0.1, -0.05) is 38.0 Å². The Kier molecular flexibility index (Phi) is 10.4. The summed E-state index contributed by atoms with van der Waals surface area (Å²) in [6.07, 6.45) is 5.82. The zero-order valence-electron chi connectivity index (χ0n) is 19.3. The highest BCUT2D eigenvalue weighted by Crippen LogP contribution is 2.34. The molecule has 1 saturated heterocycles. The molecule has 1 aliphatic heterocycles. The van der Waals surface area contributed by atoms with Crippen LogP contribution in [-0.4, -0.2) is 80.8 Å². The highest BCUT2D eigenvalue weighted by Gasteiger charge is 2.42. The fourth-order valence-corrected chi connectivity index (χ4v) is 6.47. The van der Waals surface area contributed by atoms with Crippen LogP contribution in [0.3, 0.4) is 0 Å². The Morgan fingerprint density at radius 2 is 1.84 bits per heavy atom. The lowest BCUT2D eigenvalue weighted by molar-refractivity contribution is -0.00272. The van der Waals surface area contributed by atoms with Gasteiger partial charge in [-0.25, -0.2) is 8.42 Å². The molecule has 1 aromatic rings. The number of rotatable bonds is 8. The number of hydrogen-bond donors (Lipinski definition) is 1. The van der Waals surface area contributed by atoms with E-state index in [2.05, 4.69) is 10.2 Å². The minimum atomic E-state index is -3.18. The van der Waals surface area contributed by atoms with E-state index in [1.54, 1.807) is 11.4 Å². The highest BCUT2D eigenvalue weighted by atomic mass is 35.5. The fraction of sp³-hybridized carbons (Fsp3) is 0.696. The van der Waals surface area contributed by atoms with Gasteiger partial charge >= 0.3 is 0 Å². The number of nitrogens with zero attached hydrogens (tertiary/aromatic N) is 2. The van der Waals surface area contributed by atoms with Gasteiger partial charge in [0.25, 0.3) is 5.91 Å². The van der Waals surface area contributed by atoms with Crippen molar-refractivity contribution in [2.24, 2.45) is 0 Å². The molecule has 32 heavy (non-hydrogen) atoms. The number of amides is 1. The molecule has 3 rings (SSSR count). The van der Waals surface area contributed by atoms with E-state index in [1.807, 2.05) is 37.3 Å². The lowest BCUT2D eigenvalue weighted by Gasteiger charge is -2.48. The summed E-state index contributed by atoms with van der Waals surface area (Å²) in [5, 5.41) is 3.17. The number of benzene rings is 1. The van der Waals surface area contributed by atoms with E-state index < -0.39 is 10.0 Å². The van der Waals surface area contributed by atoms with Crippen LogP contribution in [0.25, 0.3) is 0 Å². The van der Waals surface area contributed by atoms with Crippen LogP contribution in [0.4, 0.5) is 0 Å². The number of nitrogens with one attached hydrogen (secondary N) is 1. The molecule has 1 aromatic carbocycles. The molecule has 2 fully saturated rings. The van der Waals surface area contributed by atoms with Crippen molar-refractivity contribution in [2.75, 3.05) is 45.6 Å². The maximum absolute atomic E-state index is 12.8. The average Bonchev–Trinajstić information content (AvgIpc) is 3.01. The Labute approximate surface area is 199 Å². The van der Waals surface area contributed by atoms with E-state index in [4.69, 9.17) is 4.74 Å². The standard InChI is InChI=1S/C23H37N3O4S.ClH/c1-3-17-31(28,29)26-15-13-25(14-16-26)23(12-8-7-11-21(18-23)30-2)19-24-22(27)20-9-5-4-6-10-20;/h4-6,9-10,21H,3,7-8,11-19H2,1-2H3,(H,24,27);1H. The van der Waals surface area contributed by atoms with E-state index in [1.165, 1.54) is 0 Å². The van der Waals surface area contributed by atoms with Gasteiger partial charge in [-0.05, 0) is 37.8 Å². The normalized spacial score (nSPS) is 25.5. The molecule has 9 heteroatoms. The van der Waals surface area contributed by atoms with Gasteiger partial charge in [0, 0.05) is 50.9 Å². The van der Waals surface area contributed by atoms with E-state index in [0.29, 0.717) is 44.7 Å². The van der Waals surface area contributed by atoms with Crippen molar-refractivity contribution in [1.29, 1.82) is 0 Å². The smallest absolute Gasteiger partial charge is 0.251 e. The summed E-state index contributed by atoms with van der Waals surface area (Å²) in [5.41, 5.74) is 0.437. The number of hydrogen-bond acceptors (Lipinski definition) is 5. The van der Waals surface area contributed by atoms with Crippen molar-refractivity contribution in [3.8, 4) is 0 Å². The van der Waals surface area contributed by atoms with Crippen LogP contribution >= 0.6 is 12.4 Å². The van der Waals surface area contributed by atoms with Crippen molar-refractivity contribution < 1.29 is 17.9 Å². The molecule has 0 radical (unpaired) electrons. The number of carbonyl (C=O) groups excluding carboxylic acids is 1. The van der Waals surface area contributed by atoms with Crippen molar-refractivity contribution in [1.82, 2.24) is 14.5 Å². The molecule has 1 amide bonds. The Hall–Kier alpha value is -1.19. The second kappa shape index (κ2) is 12.3. The second-order valence-electron chi connectivity index (χ2n) is 8.78. The summed E-state index contributed by atoms with van der Waals surface area (Å²) in [6.45, 7) is 4.82. The van der Waals surface area contributed by atoms with Crippen LogP contribution in [0, 0.1) is 0 Å². The van der Waals surface area contributed by atoms with Gasteiger partial charge in [0.05, 0.1) is 11.9 Å². The zero-order chi connectivity index (χ0) is 22.3. The van der Waals surface area contributed by atoms with Gasteiger partial charge in [0.2, 0.25) is 10.0 Å². The number of sulfonamides is 1. The Morgan fingerprint density at radius 1 is 1.16 bits per heavy atom. The molecule has 1 N–H and O–H groups in total. The number of carbonyl (C=O) groups is 1. The monoisotopic (exact) mass is 487 g/mol. The Bertz CT molecular complexity index is 816. The fourth-order valence-electron chi connectivity index (χ4n) is 4.98. The van der Waals surface area contributed by atoms with Crippen LogP contribution in [0.1, 0.15) is 55.8 Å². The first-order chi connectivity index (χ1) is 14.9. The molecule has 1 heterocycles. The number of ether oxygens (including phenoxy) is 1. The third kappa shape index (κ3) is 6.67. The van der Waals surface area contributed by atoms with Crippen LogP contribution in [0.5, 0.6) is 0 Å². The first-order valence-corrected chi connectivity index (χ1v) is 13.1. The molecule has 1 aliphatic carbocycles. The van der Waals surface area contributed by atoms with Crippen molar-refractivity contribution in [3.05, 3.63) is 35.9 Å². The van der Waals surface area contributed by atoms with Gasteiger partial charge < -0.3 is 10.1 Å². The molecular weight excluding hydrogens is 450 g/mol. The van der Waals surface area contributed by atoms with Crippen LogP contribution in [-0.2, 0) is 14.8 Å². The molecule has 182 valence electrons. The molecule has 0 aromatic heterocycles. The highest BCUT2D eigenvalue weighted by molar-refractivity contribution is 7.89. The maximum atomic E-state index is 12.8. The molecule has 1 saturated carbocycles. The average molecular weight is 488 g/mol. The van der Waals surface area contributed by atoms with Gasteiger partial charge in [-0.2, -0.15) is 4.31 Å². The van der Waals surface area contributed by atoms with Gasteiger partial charge in [-0.15, -0.1) is 12.4 Å². The molecule has 2 aliphatic rings. The SMILES string of the molecule is CCCS(=O)(=O)N1CCN(C2(CNC(=O)c3ccccc3)CCCCC(OC)C2)CC1.Cl. The Balaban J connectivity index is 0.00000363. The van der Waals surface area contributed by atoms with Gasteiger partial charge in [-0.3, -0.25) is 9.69 Å². The van der Waals surface area contributed by atoms with Crippen molar-refractivity contribution in [3.63, 3.8) is 0 Å². The number of methoxy groups -OCH3 is 1. The summed E-state index contributed by atoms with van der Waals surface area (Å²) >= 11 is 0. The molecule has 2 unspecified atom stereocenters. The van der Waals surface area contributed by atoms with E-state index in [-0.39, 0.29) is 35.7 Å². The lowest BCUT2D eigenvalue weighted by Crippen LogP contribution is -2.62. The lowest BCUT2D eigenvalue weighted by atomic mass is 9.86. The van der Waals surface area contributed by atoms with Crippen LogP contribution in [0.15, 0.2) is 30.3 Å². The van der Waals surface area contributed by atoms with Crippen LogP contribution < -0.4 is 5.32 Å². The van der Waals surface area contributed by atoms with E-state index in [9.17, 15) is 13.2 Å². The summed E-state index contributed by atoms with van der Waals surface area (Å²) in [6, 6.07) is 9.29. The predicted octanol–water partition coefficient (Wildman–Crippen LogP) is 2.91. The first kappa shape index (κ1) is 27.1. The second-order valence-corrected chi connectivity index (χ2v) is 10.9. The Morgan fingerprint density at radius 3 is 2.47 bits per heavy atom. The number of halogens is 1. The molecular formula is C23H38ClN3O4S. The molecule has 0 bridgehead atoms. The maximum Gasteiger partial charge on any atom is 0.251 e. The topological polar surface area (TPSA) is 79.0 Å². The summed E-state index contributed by atoms with van der Waals surface area (Å²) in [7, 11) is -1.42. The van der Waals surface area contributed by atoms with Crippen molar-refractivity contribution in [2.45, 2.75) is 57.1 Å². The summed E-state index contributed by atoms with van der Waals surface area (Å²) in [4.78, 5) is 15.2. The van der Waals surface area contributed by atoms with E-state index >= 15 is 0 Å². The van der Waals surface area contributed by atoms with Crippen molar-refractivity contribution >= 4 is 28.3 Å². The van der Waals surface area contributed by atoms with Gasteiger partial charge in [0.1, 0.15) is 0 Å². The molecule has 0 spiro atoms. The zero-order valence-corrected chi connectivity index (χ0v) is 20.9. The predicted molar refractivity (Wildman–Crippen MR) is 130 cm³/mol. The number of piperazine rings is 1. The first-order valence-electron chi connectivity index (χ1n) is 11.5. The quantitative estimate of drug-likeness (QED) is 0.570. The van der Waals surface area contributed by atoms with Crippen LogP contribution in [0.2, 0.25) is 0 Å². The summed E-state index contributed by atoms with van der Waals surface area (Å²) < 4.78 is 32.4. The third-order valence-electron chi connectivity index (χ3n) is 6.74. The molecule has 2 atom stereocenters. The third-order valence-corrected chi connectivity index (χ3v) is 8.81. The minimum Gasteiger partial charge on any atom is -0.381 e. The summed E-state index contributed by atoms with van der Waals surface area (Å²) in [5.74, 6) is 0.138. The molecule has 7 nitrogen and oxygen atoms in total. The van der Waals surface area contributed by atoms with E-state index in [0.717, 1.165) is 32.1 Å².